The van der Waals surface area contributed by atoms with Crippen LogP contribution in [-0.2, 0) is 19.5 Å². The summed E-state index contributed by atoms with van der Waals surface area (Å²) in [4.78, 5) is 45.4. The number of sulfonamides is 1. The van der Waals surface area contributed by atoms with Gasteiger partial charge in [0.1, 0.15) is 23.1 Å². The van der Waals surface area contributed by atoms with Gasteiger partial charge >= 0.3 is 15.8 Å². The van der Waals surface area contributed by atoms with Crippen LogP contribution in [0.25, 0.3) is 11.0 Å². The van der Waals surface area contributed by atoms with Gasteiger partial charge in [0, 0.05) is 62.2 Å². The van der Waals surface area contributed by atoms with E-state index in [1.807, 2.05) is 31.2 Å². The Bertz CT molecular complexity index is 2960. The molecule has 3 saturated heterocycles. The Hall–Kier alpha value is -5.86. The van der Waals surface area contributed by atoms with Crippen LogP contribution in [0, 0.1) is 21.4 Å². The number of aliphatic hydroxyl groups is 1. The van der Waals surface area contributed by atoms with Gasteiger partial charge in [-0.05, 0) is 139 Å². The second-order valence-corrected chi connectivity index (χ2v) is 23.2. The maximum Gasteiger partial charge on any atom is 0.388 e. The number of H-pyrrole nitrogens is 1. The third-order valence-electron chi connectivity index (χ3n) is 16.5. The summed E-state index contributed by atoms with van der Waals surface area (Å²) in [5.41, 5.74) is 5.07. The van der Waals surface area contributed by atoms with Gasteiger partial charge in [0.25, 0.3) is 10.9 Å². The predicted molar refractivity (Wildman–Crippen MR) is 273 cm³/mol. The zero-order valence-electron chi connectivity index (χ0n) is 41.2. The number of carbonyl (C=O) groups excluding carboxylic acids is 1. The number of aromatic nitrogens is 3. The molecule has 2 saturated carbocycles. The summed E-state index contributed by atoms with van der Waals surface area (Å²) in [7, 11) is -4.73. The monoisotopic (exact) mass is 1000 g/mol. The average Bonchev–Trinajstić information content (AvgIpc) is 3.83. The quantitative estimate of drug-likeness (QED) is 0.0688. The van der Waals surface area contributed by atoms with Crippen LogP contribution in [0.15, 0.2) is 78.0 Å². The van der Waals surface area contributed by atoms with E-state index in [1.165, 1.54) is 17.2 Å². The summed E-state index contributed by atoms with van der Waals surface area (Å²) in [6.07, 6.45) is 8.96. The molecule has 2 aliphatic carbocycles. The molecule has 382 valence electrons. The van der Waals surface area contributed by atoms with E-state index in [0.29, 0.717) is 80.5 Å². The van der Waals surface area contributed by atoms with Crippen molar-refractivity contribution in [2.45, 2.75) is 119 Å². The molecule has 5 fully saturated rings. The minimum atomic E-state index is -4.73. The number of morpholine rings is 1. The molecule has 3 aromatic heterocycles. The number of rotatable bonds is 12. The van der Waals surface area contributed by atoms with Crippen molar-refractivity contribution in [3.05, 3.63) is 99.7 Å². The smallest absolute Gasteiger partial charge is 0.388 e. The number of carbonyl (C=O) groups is 1. The standard InChI is InChI=1S/C53H65N9O9S/c1-33(2)38-6-4-5-7-39(38)45-31-70-25-23-60(45)37-28-53(29-37)18-21-59(22-19-53)36-8-9-40(43(27-36)61-42-15-24-69-32-46(42)71-51-44(61)26-35-14-20-54-48(35)57-51)50(63)58-72(67,68)47-11-10-41(49(56-47)62(65)66)55-30-34-12-16-52(3,64)17-13-34/h4-11,14,20,26-27,33-34,37,42,45-46,55,64H,12-13,15-19,21-25,28-32H2,1-3H3,(H,54,57)(H,58,63)/t34?,42-,45-,46-,52?/m0/s1. The van der Waals surface area contributed by atoms with Gasteiger partial charge in [-0.1, -0.05) is 38.1 Å². The normalized spacial score (nSPS) is 25.6. The molecule has 19 heteroatoms. The van der Waals surface area contributed by atoms with Crippen molar-refractivity contribution in [1.29, 1.82) is 0 Å². The first-order chi connectivity index (χ1) is 34.6. The molecule has 0 radical (unpaired) electrons. The summed E-state index contributed by atoms with van der Waals surface area (Å²) in [5, 5.41) is 25.9. The van der Waals surface area contributed by atoms with Crippen molar-refractivity contribution in [2.75, 3.05) is 67.7 Å². The van der Waals surface area contributed by atoms with Crippen molar-refractivity contribution in [2.24, 2.45) is 11.3 Å². The van der Waals surface area contributed by atoms with Crippen molar-refractivity contribution in [3.63, 3.8) is 0 Å². The summed E-state index contributed by atoms with van der Waals surface area (Å²) < 4.78 is 49.0. The molecule has 4 N–H and O–H groups in total. The molecular weight excluding hydrogens is 939 g/mol. The lowest BCUT2D eigenvalue weighted by Gasteiger charge is -2.57. The maximum atomic E-state index is 14.7. The molecule has 5 aromatic rings. The number of benzene rings is 2. The number of hydrogen-bond donors (Lipinski definition) is 4. The lowest BCUT2D eigenvalue weighted by atomic mass is 9.59. The molecule has 72 heavy (non-hydrogen) atoms. The highest BCUT2D eigenvalue weighted by atomic mass is 32.2. The van der Waals surface area contributed by atoms with Crippen LogP contribution < -0.4 is 24.6 Å². The number of nitrogens with zero attached hydrogens (tertiary/aromatic N) is 6. The summed E-state index contributed by atoms with van der Waals surface area (Å²) in [5.74, 6) is -0.635. The number of aromatic amines is 1. The van der Waals surface area contributed by atoms with Gasteiger partial charge in [-0.3, -0.25) is 9.69 Å². The Balaban J connectivity index is 0.864. The first-order valence-corrected chi connectivity index (χ1v) is 27.1. The topological polar surface area (TPSA) is 218 Å². The highest BCUT2D eigenvalue weighted by molar-refractivity contribution is 7.90. The van der Waals surface area contributed by atoms with Crippen LogP contribution in [0.2, 0.25) is 0 Å². The highest BCUT2D eigenvalue weighted by Crippen LogP contribution is 2.54. The van der Waals surface area contributed by atoms with Crippen LogP contribution in [0.3, 0.4) is 0 Å². The predicted octanol–water partition coefficient (Wildman–Crippen LogP) is 7.97. The molecule has 0 bridgehead atoms. The first-order valence-electron chi connectivity index (χ1n) is 25.7. The van der Waals surface area contributed by atoms with E-state index in [0.717, 1.165) is 81.9 Å². The molecule has 7 heterocycles. The maximum absolute atomic E-state index is 14.7. The average molecular weight is 1000 g/mol. The zero-order valence-corrected chi connectivity index (χ0v) is 42.0. The fourth-order valence-corrected chi connectivity index (χ4v) is 13.3. The molecule has 18 nitrogen and oxygen atoms in total. The SMILES string of the molecule is CC(C)c1ccccc1[C@@H]1COCCN1C1CC2(CCN(c3ccc(C(=O)NS(=O)(=O)c4ccc(NCC5CCC(C)(O)CC5)c([N+](=O)[O-])n4)c(N4c5cc6cc[nH]c6nc5O[C@H]5COCC[C@@H]54)c3)CC2)C1. The van der Waals surface area contributed by atoms with Crippen LogP contribution >= 0.6 is 0 Å². The molecule has 2 aromatic carbocycles. The van der Waals surface area contributed by atoms with Gasteiger partial charge in [-0.2, -0.15) is 13.4 Å². The number of pyridine rings is 2. The van der Waals surface area contributed by atoms with Gasteiger partial charge in [0.05, 0.1) is 48.8 Å². The van der Waals surface area contributed by atoms with E-state index in [-0.39, 0.29) is 34.7 Å². The van der Waals surface area contributed by atoms with E-state index in [1.54, 1.807) is 12.3 Å². The van der Waals surface area contributed by atoms with Crippen LogP contribution in [-0.4, -0.2) is 121 Å². The number of fused-ring (bicyclic) bond motifs is 3. The molecular formula is C53H65N9O9S. The van der Waals surface area contributed by atoms with Crippen LogP contribution in [0.4, 0.5) is 28.6 Å². The number of piperidine rings is 1. The van der Waals surface area contributed by atoms with Crippen LogP contribution in [0.5, 0.6) is 5.88 Å². The molecule has 6 aliphatic rings. The molecule has 1 amide bonds. The Labute approximate surface area is 420 Å². The lowest BCUT2D eigenvalue weighted by Crippen LogP contribution is -2.58. The van der Waals surface area contributed by atoms with E-state index >= 15 is 0 Å². The fourth-order valence-electron chi connectivity index (χ4n) is 12.4. The minimum absolute atomic E-state index is 0.0670. The van der Waals surface area contributed by atoms with Gasteiger partial charge in [-0.15, -0.1) is 0 Å². The minimum Gasteiger partial charge on any atom is -0.468 e. The van der Waals surface area contributed by atoms with Crippen molar-refractivity contribution < 1.29 is 37.5 Å². The Morgan fingerprint density at radius 2 is 1.72 bits per heavy atom. The molecule has 1 spiro atoms. The van der Waals surface area contributed by atoms with Gasteiger partial charge in [0.15, 0.2) is 0 Å². The lowest BCUT2D eigenvalue weighted by molar-refractivity contribution is -0.389. The van der Waals surface area contributed by atoms with E-state index in [9.17, 15) is 28.4 Å². The number of nitro groups is 1. The van der Waals surface area contributed by atoms with E-state index in [2.05, 4.69) is 72.8 Å². The summed E-state index contributed by atoms with van der Waals surface area (Å²) >= 11 is 0. The van der Waals surface area contributed by atoms with Gasteiger partial charge in [-0.25, -0.2) is 4.72 Å². The molecule has 4 aliphatic heterocycles. The first kappa shape index (κ1) is 48.4. The molecule has 3 atom stereocenters. The number of hydrogen-bond acceptors (Lipinski definition) is 15. The number of nitrogens with one attached hydrogen (secondary N) is 3. The number of ether oxygens (including phenoxy) is 3. The Morgan fingerprint density at radius 1 is 0.944 bits per heavy atom. The van der Waals surface area contributed by atoms with Crippen molar-refractivity contribution >= 4 is 55.5 Å². The second-order valence-electron chi connectivity index (χ2n) is 21.6. The molecule has 11 rings (SSSR count). The van der Waals surface area contributed by atoms with E-state index in [4.69, 9.17) is 19.2 Å². The fraction of sp³-hybridized carbons (Fsp3) is 0.528. The van der Waals surface area contributed by atoms with Gasteiger partial charge < -0.3 is 49.5 Å². The largest absolute Gasteiger partial charge is 0.468 e. The third kappa shape index (κ3) is 9.38. The molecule has 0 unspecified atom stereocenters. The number of anilines is 4. The second kappa shape index (κ2) is 19.2. The van der Waals surface area contributed by atoms with Crippen LogP contribution in [0.1, 0.15) is 112 Å². The zero-order chi connectivity index (χ0) is 49.9. The highest BCUT2D eigenvalue weighted by Gasteiger charge is 2.50. The Morgan fingerprint density at radius 3 is 2.50 bits per heavy atom. The van der Waals surface area contributed by atoms with Crippen molar-refractivity contribution in [3.8, 4) is 5.88 Å². The number of amides is 1. The van der Waals surface area contributed by atoms with Gasteiger partial charge in [0.2, 0.25) is 5.88 Å². The summed E-state index contributed by atoms with van der Waals surface area (Å²) in [6.45, 7) is 11.5. The summed E-state index contributed by atoms with van der Waals surface area (Å²) in [6, 6.07) is 21.2. The Kier molecular flexibility index (Phi) is 12.9. The van der Waals surface area contributed by atoms with Crippen molar-refractivity contribution in [1.82, 2.24) is 24.6 Å². The third-order valence-corrected chi connectivity index (χ3v) is 17.8. The van der Waals surface area contributed by atoms with E-state index < -0.39 is 43.4 Å².